The van der Waals surface area contributed by atoms with Crippen LogP contribution in [0.3, 0.4) is 0 Å². The second-order valence-electron chi connectivity index (χ2n) is 3.70. The molecule has 0 radical (unpaired) electrons. The van der Waals surface area contributed by atoms with E-state index in [0.29, 0.717) is 30.0 Å². The summed E-state index contributed by atoms with van der Waals surface area (Å²) in [6.45, 7) is 7.25. The van der Waals surface area contributed by atoms with Gasteiger partial charge in [0.05, 0.1) is 13.0 Å². The highest BCUT2D eigenvalue weighted by molar-refractivity contribution is 8.01. The van der Waals surface area contributed by atoms with E-state index in [-0.39, 0.29) is 5.91 Å². The molecule has 0 fully saturated rings. The van der Waals surface area contributed by atoms with Crippen LogP contribution in [0.4, 0.5) is 5.13 Å². The Bertz CT molecular complexity index is 371. The summed E-state index contributed by atoms with van der Waals surface area (Å²) in [5.74, 6) is -0.0836. The molecule has 0 aliphatic carbocycles. The zero-order valence-electron chi connectivity index (χ0n) is 10.9. The van der Waals surface area contributed by atoms with Gasteiger partial charge in [-0.05, 0) is 13.3 Å². The Kier molecular flexibility index (Phi) is 7.22. The van der Waals surface area contributed by atoms with Gasteiger partial charge in [0, 0.05) is 11.9 Å². The molecule has 0 saturated carbocycles. The summed E-state index contributed by atoms with van der Waals surface area (Å²) in [7, 11) is 0. The predicted octanol–water partition coefficient (Wildman–Crippen LogP) is 2.79. The standard InChI is InChI=1S/C11H19N3O2S2/c1-4-8(3)17-11-14-13-10(18-11)12-9(15)6-7-16-5-2/h8H,4-7H2,1-3H3,(H,12,13,15)/t8-/m0/s1. The van der Waals surface area contributed by atoms with Gasteiger partial charge in [0.25, 0.3) is 0 Å². The van der Waals surface area contributed by atoms with Gasteiger partial charge in [-0.3, -0.25) is 4.79 Å². The van der Waals surface area contributed by atoms with E-state index in [2.05, 4.69) is 29.4 Å². The Hall–Kier alpha value is -0.660. The van der Waals surface area contributed by atoms with Crippen molar-refractivity contribution in [2.24, 2.45) is 0 Å². The van der Waals surface area contributed by atoms with Gasteiger partial charge in [-0.2, -0.15) is 0 Å². The monoisotopic (exact) mass is 289 g/mol. The average molecular weight is 289 g/mol. The van der Waals surface area contributed by atoms with E-state index >= 15 is 0 Å². The fraction of sp³-hybridized carbons (Fsp3) is 0.727. The maximum atomic E-state index is 11.5. The molecular formula is C11H19N3O2S2. The number of rotatable bonds is 8. The number of hydrogen-bond acceptors (Lipinski definition) is 6. The number of aromatic nitrogens is 2. The number of nitrogens with one attached hydrogen (secondary N) is 1. The van der Waals surface area contributed by atoms with Crippen LogP contribution in [0.25, 0.3) is 0 Å². The van der Waals surface area contributed by atoms with Crippen molar-refractivity contribution in [2.45, 2.75) is 43.2 Å². The van der Waals surface area contributed by atoms with Crippen LogP contribution >= 0.6 is 23.1 Å². The number of amides is 1. The molecule has 1 N–H and O–H groups in total. The van der Waals surface area contributed by atoms with Crippen LogP contribution in [-0.2, 0) is 9.53 Å². The van der Waals surface area contributed by atoms with Crippen LogP contribution in [0.1, 0.15) is 33.6 Å². The molecule has 0 aromatic carbocycles. The maximum Gasteiger partial charge on any atom is 0.228 e. The lowest BCUT2D eigenvalue weighted by Crippen LogP contribution is -2.13. The Balaban J connectivity index is 2.36. The van der Waals surface area contributed by atoms with E-state index in [1.165, 1.54) is 11.3 Å². The zero-order valence-corrected chi connectivity index (χ0v) is 12.6. The maximum absolute atomic E-state index is 11.5. The number of nitrogens with zero attached hydrogens (tertiary/aromatic N) is 2. The van der Waals surface area contributed by atoms with Gasteiger partial charge >= 0.3 is 0 Å². The van der Waals surface area contributed by atoms with Crippen molar-refractivity contribution in [2.75, 3.05) is 18.5 Å². The summed E-state index contributed by atoms with van der Waals surface area (Å²) in [4.78, 5) is 11.5. The van der Waals surface area contributed by atoms with Crippen molar-refractivity contribution in [3.8, 4) is 0 Å². The molecule has 1 heterocycles. The number of hydrogen-bond donors (Lipinski definition) is 1. The highest BCUT2D eigenvalue weighted by atomic mass is 32.2. The van der Waals surface area contributed by atoms with Gasteiger partial charge in [0.1, 0.15) is 0 Å². The summed E-state index contributed by atoms with van der Waals surface area (Å²) in [5.41, 5.74) is 0. The molecule has 0 aliphatic heterocycles. The van der Waals surface area contributed by atoms with Crippen LogP contribution in [0.2, 0.25) is 0 Å². The summed E-state index contributed by atoms with van der Waals surface area (Å²) in [5, 5.41) is 11.8. The second-order valence-corrected chi connectivity index (χ2v) is 6.37. The molecule has 1 aromatic rings. The summed E-state index contributed by atoms with van der Waals surface area (Å²) in [6, 6.07) is 0. The molecule has 18 heavy (non-hydrogen) atoms. The highest BCUT2D eigenvalue weighted by Gasteiger charge is 2.10. The molecule has 7 heteroatoms. The summed E-state index contributed by atoms with van der Waals surface area (Å²) < 4.78 is 6.01. The molecule has 1 atom stereocenters. The van der Waals surface area contributed by atoms with E-state index in [1.54, 1.807) is 11.8 Å². The number of carbonyl (C=O) groups excluding carboxylic acids is 1. The van der Waals surface area contributed by atoms with Gasteiger partial charge in [-0.15, -0.1) is 10.2 Å². The largest absolute Gasteiger partial charge is 0.381 e. The van der Waals surface area contributed by atoms with Crippen molar-refractivity contribution in [1.29, 1.82) is 0 Å². The van der Waals surface area contributed by atoms with Crippen molar-refractivity contribution < 1.29 is 9.53 Å². The van der Waals surface area contributed by atoms with Gasteiger partial charge in [-0.25, -0.2) is 0 Å². The minimum absolute atomic E-state index is 0.0836. The van der Waals surface area contributed by atoms with E-state index in [1.807, 2.05) is 6.92 Å². The van der Waals surface area contributed by atoms with E-state index < -0.39 is 0 Å². The van der Waals surface area contributed by atoms with Gasteiger partial charge in [0.15, 0.2) is 4.34 Å². The van der Waals surface area contributed by atoms with Gasteiger partial charge in [0.2, 0.25) is 11.0 Å². The smallest absolute Gasteiger partial charge is 0.228 e. The minimum atomic E-state index is -0.0836. The van der Waals surface area contributed by atoms with Crippen molar-refractivity contribution in [3.63, 3.8) is 0 Å². The van der Waals surface area contributed by atoms with Crippen LogP contribution in [0.5, 0.6) is 0 Å². The molecular weight excluding hydrogens is 270 g/mol. The number of carbonyl (C=O) groups is 1. The Morgan fingerprint density at radius 1 is 1.50 bits per heavy atom. The zero-order chi connectivity index (χ0) is 13.4. The molecule has 0 bridgehead atoms. The van der Waals surface area contributed by atoms with Crippen LogP contribution < -0.4 is 5.32 Å². The quantitative estimate of drug-likeness (QED) is 0.453. The van der Waals surface area contributed by atoms with Crippen molar-refractivity contribution in [1.82, 2.24) is 10.2 Å². The summed E-state index contributed by atoms with van der Waals surface area (Å²) >= 11 is 3.09. The molecule has 0 spiro atoms. The molecule has 102 valence electrons. The predicted molar refractivity (Wildman–Crippen MR) is 75.3 cm³/mol. The summed E-state index contributed by atoms with van der Waals surface area (Å²) in [6.07, 6.45) is 1.43. The first kappa shape index (κ1) is 15.4. The molecule has 0 unspecified atom stereocenters. The second kappa shape index (κ2) is 8.44. The average Bonchev–Trinajstić information content (AvgIpc) is 2.76. The fourth-order valence-corrected chi connectivity index (χ4v) is 3.07. The first-order valence-corrected chi connectivity index (χ1v) is 7.73. The molecule has 0 aliphatic rings. The number of ether oxygens (including phenoxy) is 1. The highest BCUT2D eigenvalue weighted by Crippen LogP contribution is 2.29. The topological polar surface area (TPSA) is 64.1 Å². The van der Waals surface area contributed by atoms with Crippen LogP contribution in [0.15, 0.2) is 4.34 Å². The normalized spacial score (nSPS) is 12.4. The Morgan fingerprint density at radius 3 is 2.94 bits per heavy atom. The van der Waals surface area contributed by atoms with Crippen molar-refractivity contribution in [3.05, 3.63) is 0 Å². The van der Waals surface area contributed by atoms with Crippen LogP contribution in [0, 0.1) is 0 Å². The molecule has 5 nitrogen and oxygen atoms in total. The Labute approximate surface area is 116 Å². The first-order valence-electron chi connectivity index (χ1n) is 6.03. The van der Waals surface area contributed by atoms with Gasteiger partial charge in [-0.1, -0.05) is 36.9 Å². The van der Waals surface area contributed by atoms with Crippen molar-refractivity contribution >= 4 is 34.1 Å². The number of thioether (sulfide) groups is 1. The third-order valence-corrected chi connectivity index (χ3v) is 4.40. The van der Waals surface area contributed by atoms with Gasteiger partial charge < -0.3 is 10.1 Å². The lowest BCUT2D eigenvalue weighted by Gasteiger charge is -2.02. The van der Waals surface area contributed by atoms with Crippen LogP contribution in [-0.4, -0.2) is 34.6 Å². The fourth-order valence-electron chi connectivity index (χ4n) is 1.05. The Morgan fingerprint density at radius 2 is 2.28 bits per heavy atom. The lowest BCUT2D eigenvalue weighted by molar-refractivity contribution is -0.117. The SMILES string of the molecule is CCOCCC(=O)Nc1nnc(S[C@@H](C)CC)s1. The van der Waals surface area contributed by atoms with E-state index in [4.69, 9.17) is 4.74 Å². The molecule has 1 aromatic heterocycles. The van der Waals surface area contributed by atoms with E-state index in [9.17, 15) is 4.79 Å². The lowest BCUT2D eigenvalue weighted by atomic mass is 10.4. The third-order valence-electron chi connectivity index (χ3n) is 2.21. The minimum Gasteiger partial charge on any atom is -0.381 e. The van der Waals surface area contributed by atoms with E-state index in [0.717, 1.165) is 10.8 Å². The molecule has 1 amide bonds. The number of anilines is 1. The molecule has 1 rings (SSSR count). The molecule has 0 saturated heterocycles. The first-order chi connectivity index (χ1) is 8.65. The third kappa shape index (κ3) is 5.79.